The second kappa shape index (κ2) is 4.35. The van der Waals surface area contributed by atoms with Crippen LogP contribution in [0.1, 0.15) is 5.56 Å². The Hall–Kier alpha value is -2.42. The minimum Gasteiger partial charge on any atom is -0.398 e. The zero-order valence-electron chi connectivity index (χ0n) is 10.5. The Bertz CT molecular complexity index is 752. The van der Waals surface area contributed by atoms with E-state index in [1.807, 2.05) is 37.3 Å². The first-order valence-electron chi connectivity index (χ1n) is 6.08. The number of para-hydroxylation sites is 1. The van der Waals surface area contributed by atoms with Crippen LogP contribution in [0.5, 0.6) is 0 Å². The highest BCUT2D eigenvalue weighted by molar-refractivity contribution is 5.95. The average Bonchev–Trinajstić information content (AvgIpc) is 2.44. The maximum Gasteiger partial charge on any atom is 0.149 e. The lowest BCUT2D eigenvalue weighted by Gasteiger charge is -2.11. The molecule has 2 nitrogen and oxygen atoms in total. The number of hydrogen-bond acceptors (Lipinski definition) is 2. The van der Waals surface area contributed by atoms with Crippen LogP contribution in [0.4, 0.5) is 10.1 Å². The Labute approximate surface area is 110 Å². The molecule has 0 saturated carbocycles. The van der Waals surface area contributed by atoms with Crippen molar-refractivity contribution in [1.82, 2.24) is 4.98 Å². The van der Waals surface area contributed by atoms with Crippen LogP contribution in [-0.4, -0.2) is 4.98 Å². The van der Waals surface area contributed by atoms with E-state index in [4.69, 9.17) is 5.73 Å². The molecule has 0 fully saturated rings. The molecule has 0 atom stereocenters. The van der Waals surface area contributed by atoms with E-state index in [1.165, 1.54) is 6.07 Å². The topological polar surface area (TPSA) is 38.9 Å². The molecular weight excluding hydrogens is 239 g/mol. The van der Waals surface area contributed by atoms with Crippen molar-refractivity contribution in [3.63, 3.8) is 0 Å². The smallest absolute Gasteiger partial charge is 0.149 e. The quantitative estimate of drug-likeness (QED) is 0.712. The van der Waals surface area contributed by atoms with Gasteiger partial charge in [0, 0.05) is 16.6 Å². The molecule has 0 amide bonds. The molecule has 1 heterocycles. The van der Waals surface area contributed by atoms with Gasteiger partial charge in [-0.3, -0.25) is 0 Å². The molecule has 0 aliphatic heterocycles. The van der Waals surface area contributed by atoms with E-state index in [0.717, 1.165) is 16.8 Å². The van der Waals surface area contributed by atoms with Gasteiger partial charge in [-0.05, 0) is 18.6 Å². The maximum atomic E-state index is 13.9. The van der Waals surface area contributed by atoms with E-state index < -0.39 is 0 Å². The number of nitrogens with zero attached hydrogens (tertiary/aromatic N) is 1. The Balaban J connectivity index is 2.39. The summed E-state index contributed by atoms with van der Waals surface area (Å²) in [5.74, 6) is -0.346. The maximum absolute atomic E-state index is 13.9. The van der Waals surface area contributed by atoms with Gasteiger partial charge in [0.2, 0.25) is 0 Å². The number of pyridine rings is 1. The molecule has 0 spiro atoms. The molecule has 0 saturated heterocycles. The van der Waals surface area contributed by atoms with Gasteiger partial charge < -0.3 is 5.73 Å². The van der Waals surface area contributed by atoms with Crippen LogP contribution in [0, 0.1) is 12.7 Å². The SMILES string of the molecule is Cc1c(-c2ccccc2)nc2c(F)cccc2c1N. The predicted octanol–water partition coefficient (Wildman–Crippen LogP) is 3.93. The van der Waals surface area contributed by atoms with E-state index in [0.29, 0.717) is 16.6 Å². The van der Waals surface area contributed by atoms with Gasteiger partial charge in [0.15, 0.2) is 0 Å². The van der Waals surface area contributed by atoms with Crippen LogP contribution in [0.3, 0.4) is 0 Å². The number of aromatic nitrogens is 1. The largest absolute Gasteiger partial charge is 0.398 e. The third-order valence-corrected chi connectivity index (χ3v) is 3.31. The van der Waals surface area contributed by atoms with Crippen molar-refractivity contribution in [2.45, 2.75) is 6.92 Å². The Morgan fingerprint density at radius 3 is 2.47 bits per heavy atom. The minimum absolute atomic E-state index is 0.324. The van der Waals surface area contributed by atoms with Crippen LogP contribution in [0.15, 0.2) is 48.5 Å². The zero-order chi connectivity index (χ0) is 13.4. The molecule has 19 heavy (non-hydrogen) atoms. The van der Waals surface area contributed by atoms with E-state index in [2.05, 4.69) is 4.98 Å². The number of rotatable bonds is 1. The van der Waals surface area contributed by atoms with Crippen molar-refractivity contribution in [1.29, 1.82) is 0 Å². The minimum atomic E-state index is -0.346. The predicted molar refractivity (Wildman–Crippen MR) is 76.3 cm³/mol. The third kappa shape index (κ3) is 1.83. The third-order valence-electron chi connectivity index (χ3n) is 3.31. The second-order valence-electron chi connectivity index (χ2n) is 4.50. The summed E-state index contributed by atoms with van der Waals surface area (Å²) in [5, 5.41) is 0.664. The molecule has 2 N–H and O–H groups in total. The van der Waals surface area contributed by atoms with Gasteiger partial charge in [-0.15, -0.1) is 0 Å². The van der Waals surface area contributed by atoms with E-state index >= 15 is 0 Å². The lowest BCUT2D eigenvalue weighted by atomic mass is 10.0. The van der Waals surface area contributed by atoms with E-state index in [9.17, 15) is 4.39 Å². The van der Waals surface area contributed by atoms with Crippen molar-refractivity contribution in [3.8, 4) is 11.3 Å². The summed E-state index contributed by atoms with van der Waals surface area (Å²) >= 11 is 0. The van der Waals surface area contributed by atoms with Crippen molar-refractivity contribution in [2.24, 2.45) is 0 Å². The second-order valence-corrected chi connectivity index (χ2v) is 4.50. The van der Waals surface area contributed by atoms with Crippen LogP contribution in [0.25, 0.3) is 22.2 Å². The van der Waals surface area contributed by atoms with Gasteiger partial charge in [0.1, 0.15) is 11.3 Å². The van der Waals surface area contributed by atoms with Crippen LogP contribution >= 0.6 is 0 Å². The van der Waals surface area contributed by atoms with Crippen LogP contribution in [0.2, 0.25) is 0 Å². The summed E-state index contributed by atoms with van der Waals surface area (Å²) < 4.78 is 13.9. The summed E-state index contributed by atoms with van der Waals surface area (Å²) in [5.41, 5.74) is 9.58. The van der Waals surface area contributed by atoms with Gasteiger partial charge in [-0.2, -0.15) is 0 Å². The van der Waals surface area contributed by atoms with Crippen molar-refractivity contribution >= 4 is 16.6 Å². The number of nitrogen functional groups attached to an aromatic ring is 1. The Morgan fingerprint density at radius 2 is 1.74 bits per heavy atom. The standard InChI is InChI=1S/C16H13FN2/c1-10-14(18)12-8-5-9-13(17)16(12)19-15(10)11-6-3-2-4-7-11/h2-9H,1H3,(H2,18,19). The van der Waals surface area contributed by atoms with Crippen LogP contribution < -0.4 is 5.73 Å². The fraction of sp³-hybridized carbons (Fsp3) is 0.0625. The van der Waals surface area contributed by atoms with Gasteiger partial charge in [0.05, 0.1) is 5.69 Å². The molecule has 0 bridgehead atoms. The first kappa shape index (κ1) is 11.7. The van der Waals surface area contributed by atoms with E-state index in [1.54, 1.807) is 12.1 Å². The van der Waals surface area contributed by atoms with E-state index in [-0.39, 0.29) is 5.82 Å². The molecule has 0 radical (unpaired) electrons. The molecule has 94 valence electrons. The molecule has 3 rings (SSSR count). The summed E-state index contributed by atoms with van der Waals surface area (Å²) in [4.78, 5) is 4.45. The Morgan fingerprint density at radius 1 is 1.00 bits per heavy atom. The highest BCUT2D eigenvalue weighted by Crippen LogP contribution is 2.31. The summed E-state index contributed by atoms with van der Waals surface area (Å²) in [6.45, 7) is 1.91. The Kier molecular flexibility index (Phi) is 2.67. The highest BCUT2D eigenvalue weighted by Gasteiger charge is 2.13. The van der Waals surface area contributed by atoms with Crippen molar-refractivity contribution < 1.29 is 4.39 Å². The summed E-state index contributed by atoms with van der Waals surface area (Å²) in [6, 6.07) is 14.5. The lowest BCUT2D eigenvalue weighted by molar-refractivity contribution is 0.637. The fourth-order valence-corrected chi connectivity index (χ4v) is 2.25. The fourth-order valence-electron chi connectivity index (χ4n) is 2.25. The first-order valence-corrected chi connectivity index (χ1v) is 6.08. The average molecular weight is 252 g/mol. The van der Waals surface area contributed by atoms with Gasteiger partial charge >= 0.3 is 0 Å². The molecule has 2 aromatic carbocycles. The number of benzene rings is 2. The molecule has 0 unspecified atom stereocenters. The van der Waals surface area contributed by atoms with Crippen molar-refractivity contribution in [3.05, 3.63) is 59.9 Å². The van der Waals surface area contributed by atoms with Gasteiger partial charge in [0.25, 0.3) is 0 Å². The molecular formula is C16H13FN2. The van der Waals surface area contributed by atoms with Crippen molar-refractivity contribution in [2.75, 3.05) is 5.73 Å². The van der Waals surface area contributed by atoms with Crippen LogP contribution in [-0.2, 0) is 0 Å². The highest BCUT2D eigenvalue weighted by atomic mass is 19.1. The number of halogens is 1. The zero-order valence-corrected chi connectivity index (χ0v) is 10.5. The number of fused-ring (bicyclic) bond motifs is 1. The number of nitrogens with two attached hydrogens (primary N) is 1. The normalized spacial score (nSPS) is 10.8. The molecule has 3 heteroatoms. The lowest BCUT2D eigenvalue weighted by Crippen LogP contribution is -1.99. The van der Waals surface area contributed by atoms with Gasteiger partial charge in [-0.1, -0.05) is 42.5 Å². The number of anilines is 1. The number of hydrogen-bond donors (Lipinski definition) is 1. The monoisotopic (exact) mass is 252 g/mol. The summed E-state index contributed by atoms with van der Waals surface area (Å²) in [6.07, 6.45) is 0. The molecule has 0 aliphatic carbocycles. The molecule has 3 aromatic rings. The first-order chi connectivity index (χ1) is 9.18. The molecule has 1 aromatic heterocycles. The van der Waals surface area contributed by atoms with Gasteiger partial charge in [-0.25, -0.2) is 9.37 Å². The molecule has 0 aliphatic rings. The summed E-state index contributed by atoms with van der Waals surface area (Å²) in [7, 11) is 0.